The lowest BCUT2D eigenvalue weighted by Crippen LogP contribution is -2.23. The molecule has 0 aliphatic rings. The summed E-state index contributed by atoms with van der Waals surface area (Å²) in [6, 6.07) is 11.9. The Balaban J connectivity index is 1.51. The molecular weight excluding hydrogens is 328 g/mol. The average molecular weight is 343 g/mol. The van der Waals surface area contributed by atoms with Crippen molar-refractivity contribution in [3.63, 3.8) is 0 Å². The minimum Gasteiger partial charge on any atom is -0.421 e. The molecule has 1 amide bonds. The van der Waals surface area contributed by atoms with Gasteiger partial charge in [0.1, 0.15) is 11.6 Å². The first-order valence-corrected chi connectivity index (χ1v) is 7.70. The summed E-state index contributed by atoms with van der Waals surface area (Å²) in [6.07, 6.45) is 0.400. The Kier molecular flexibility index (Phi) is 5.13. The normalized spacial score (nSPS) is 10.6. The van der Waals surface area contributed by atoms with E-state index in [2.05, 4.69) is 15.5 Å². The first-order valence-electron chi connectivity index (χ1n) is 7.70. The van der Waals surface area contributed by atoms with E-state index in [0.29, 0.717) is 17.0 Å². The van der Waals surface area contributed by atoms with Crippen LogP contribution in [0.5, 0.6) is 0 Å². The van der Waals surface area contributed by atoms with Crippen molar-refractivity contribution in [1.82, 2.24) is 15.5 Å². The molecule has 1 heterocycles. The maximum absolute atomic E-state index is 13.5. The summed E-state index contributed by atoms with van der Waals surface area (Å²) in [5, 5.41) is 10.4. The summed E-state index contributed by atoms with van der Waals surface area (Å²) in [5.74, 6) is -0.384. The molecule has 3 aromatic rings. The van der Waals surface area contributed by atoms with Gasteiger partial charge in [-0.2, -0.15) is 0 Å². The number of benzene rings is 2. The van der Waals surface area contributed by atoms with Crippen LogP contribution < -0.4 is 5.32 Å². The van der Waals surface area contributed by atoms with E-state index in [0.717, 1.165) is 0 Å². The van der Waals surface area contributed by atoms with Gasteiger partial charge in [0, 0.05) is 30.5 Å². The molecule has 1 N–H and O–H groups in total. The topological polar surface area (TPSA) is 68.0 Å². The highest BCUT2D eigenvalue weighted by Gasteiger charge is 2.11. The van der Waals surface area contributed by atoms with Crippen LogP contribution in [0.25, 0.3) is 11.5 Å². The molecule has 128 valence electrons. The van der Waals surface area contributed by atoms with E-state index >= 15 is 0 Å². The Labute approximate surface area is 142 Å². The van der Waals surface area contributed by atoms with E-state index in [9.17, 15) is 13.6 Å². The highest BCUT2D eigenvalue weighted by atomic mass is 19.1. The number of amides is 1. The fraction of sp³-hybridized carbons (Fsp3) is 0.167. The first kappa shape index (κ1) is 16.8. The average Bonchev–Trinajstić information content (AvgIpc) is 3.09. The van der Waals surface area contributed by atoms with Gasteiger partial charge in [0.15, 0.2) is 0 Å². The van der Waals surface area contributed by atoms with E-state index in [1.165, 1.54) is 30.3 Å². The molecule has 5 nitrogen and oxygen atoms in total. The van der Waals surface area contributed by atoms with Crippen molar-refractivity contribution in [2.24, 2.45) is 0 Å². The number of hydrogen-bond acceptors (Lipinski definition) is 4. The molecule has 2 aromatic carbocycles. The fourth-order valence-electron chi connectivity index (χ4n) is 2.21. The van der Waals surface area contributed by atoms with Gasteiger partial charge in [0.25, 0.3) is 0 Å². The molecule has 0 radical (unpaired) electrons. The van der Waals surface area contributed by atoms with Crippen LogP contribution >= 0.6 is 0 Å². The molecule has 1 aromatic heterocycles. The van der Waals surface area contributed by atoms with Crippen molar-refractivity contribution >= 4 is 5.91 Å². The standard InChI is InChI=1S/C18H15F2N3O2/c19-14-7-5-12(6-8-14)18-23-22-17(25-18)10-9-16(24)21-11-13-3-1-2-4-15(13)20/h1-8H,9-11H2,(H,21,24). The second kappa shape index (κ2) is 7.65. The van der Waals surface area contributed by atoms with Crippen molar-refractivity contribution in [2.45, 2.75) is 19.4 Å². The van der Waals surface area contributed by atoms with Crippen LogP contribution in [-0.2, 0) is 17.8 Å². The lowest BCUT2D eigenvalue weighted by Gasteiger charge is -2.05. The molecule has 0 saturated heterocycles. The summed E-state index contributed by atoms with van der Waals surface area (Å²) in [5.41, 5.74) is 1.02. The van der Waals surface area contributed by atoms with Gasteiger partial charge in [-0.1, -0.05) is 18.2 Å². The van der Waals surface area contributed by atoms with Crippen LogP contribution in [-0.4, -0.2) is 16.1 Å². The fourth-order valence-corrected chi connectivity index (χ4v) is 2.21. The van der Waals surface area contributed by atoms with E-state index in [-0.39, 0.29) is 42.8 Å². The van der Waals surface area contributed by atoms with Crippen molar-refractivity contribution in [3.05, 3.63) is 71.6 Å². The number of aromatic nitrogens is 2. The highest BCUT2D eigenvalue weighted by molar-refractivity contribution is 5.76. The Morgan fingerprint density at radius 2 is 1.80 bits per heavy atom. The van der Waals surface area contributed by atoms with E-state index < -0.39 is 0 Å². The maximum Gasteiger partial charge on any atom is 0.247 e. The molecule has 0 atom stereocenters. The molecule has 0 spiro atoms. The minimum absolute atomic E-state index is 0.121. The largest absolute Gasteiger partial charge is 0.421 e. The number of carbonyl (C=O) groups is 1. The van der Waals surface area contributed by atoms with Crippen molar-refractivity contribution < 1.29 is 18.0 Å². The van der Waals surface area contributed by atoms with Gasteiger partial charge in [-0.25, -0.2) is 8.78 Å². The summed E-state index contributed by atoms with van der Waals surface area (Å²) >= 11 is 0. The molecular formula is C18H15F2N3O2. The van der Waals surface area contributed by atoms with Gasteiger partial charge in [0.2, 0.25) is 17.7 Å². The van der Waals surface area contributed by atoms with Crippen LogP contribution in [0.4, 0.5) is 8.78 Å². The summed E-state index contributed by atoms with van der Waals surface area (Å²) in [6.45, 7) is 0.121. The number of aryl methyl sites for hydroxylation is 1. The Bertz CT molecular complexity index is 863. The zero-order valence-electron chi connectivity index (χ0n) is 13.2. The molecule has 0 aliphatic carbocycles. The molecule has 0 unspecified atom stereocenters. The molecule has 3 rings (SSSR count). The van der Waals surface area contributed by atoms with E-state index in [1.54, 1.807) is 18.2 Å². The third-order valence-electron chi connectivity index (χ3n) is 3.56. The quantitative estimate of drug-likeness (QED) is 0.746. The van der Waals surface area contributed by atoms with Crippen LogP contribution in [0.2, 0.25) is 0 Å². The summed E-state index contributed by atoms with van der Waals surface area (Å²) in [7, 11) is 0. The smallest absolute Gasteiger partial charge is 0.247 e. The Morgan fingerprint density at radius 3 is 2.56 bits per heavy atom. The van der Waals surface area contributed by atoms with Gasteiger partial charge in [-0.05, 0) is 30.3 Å². The SMILES string of the molecule is O=C(CCc1nnc(-c2ccc(F)cc2)o1)NCc1ccccc1F. The maximum atomic E-state index is 13.5. The summed E-state index contributed by atoms with van der Waals surface area (Å²) < 4.78 is 31.8. The highest BCUT2D eigenvalue weighted by Crippen LogP contribution is 2.18. The molecule has 7 heteroatoms. The second-order valence-corrected chi connectivity index (χ2v) is 5.38. The van der Waals surface area contributed by atoms with E-state index in [4.69, 9.17) is 4.42 Å². The van der Waals surface area contributed by atoms with Crippen LogP contribution in [0, 0.1) is 11.6 Å². The predicted molar refractivity (Wildman–Crippen MR) is 86.3 cm³/mol. The zero-order chi connectivity index (χ0) is 17.6. The van der Waals surface area contributed by atoms with Gasteiger partial charge in [-0.15, -0.1) is 10.2 Å². The number of nitrogens with one attached hydrogen (secondary N) is 1. The zero-order valence-corrected chi connectivity index (χ0v) is 13.2. The van der Waals surface area contributed by atoms with Gasteiger partial charge in [-0.3, -0.25) is 4.79 Å². The Hall–Kier alpha value is -3.09. The molecule has 0 bridgehead atoms. The predicted octanol–water partition coefficient (Wildman–Crippen LogP) is 3.26. The van der Waals surface area contributed by atoms with Gasteiger partial charge >= 0.3 is 0 Å². The lowest BCUT2D eigenvalue weighted by atomic mass is 10.2. The summed E-state index contributed by atoms with van der Waals surface area (Å²) in [4.78, 5) is 11.9. The molecule has 0 fully saturated rings. The number of hydrogen-bond donors (Lipinski definition) is 1. The van der Waals surface area contributed by atoms with Gasteiger partial charge < -0.3 is 9.73 Å². The van der Waals surface area contributed by atoms with Crippen LogP contribution in [0.3, 0.4) is 0 Å². The number of carbonyl (C=O) groups excluding carboxylic acids is 1. The molecule has 25 heavy (non-hydrogen) atoms. The number of nitrogens with zero attached hydrogens (tertiary/aromatic N) is 2. The number of rotatable bonds is 6. The lowest BCUT2D eigenvalue weighted by molar-refractivity contribution is -0.121. The second-order valence-electron chi connectivity index (χ2n) is 5.38. The van der Waals surface area contributed by atoms with Crippen LogP contribution in [0.1, 0.15) is 17.9 Å². The molecule has 0 aliphatic heterocycles. The van der Waals surface area contributed by atoms with Crippen molar-refractivity contribution in [3.8, 4) is 11.5 Å². The first-order chi connectivity index (χ1) is 12.1. The van der Waals surface area contributed by atoms with E-state index in [1.807, 2.05) is 0 Å². The van der Waals surface area contributed by atoms with Crippen molar-refractivity contribution in [2.75, 3.05) is 0 Å². The Morgan fingerprint density at radius 1 is 1.04 bits per heavy atom. The number of halogens is 2. The monoisotopic (exact) mass is 343 g/mol. The third kappa shape index (κ3) is 4.47. The van der Waals surface area contributed by atoms with Crippen molar-refractivity contribution in [1.29, 1.82) is 0 Å². The van der Waals surface area contributed by atoms with Crippen LogP contribution in [0.15, 0.2) is 52.9 Å². The molecule has 0 saturated carbocycles. The van der Waals surface area contributed by atoms with Gasteiger partial charge in [0.05, 0.1) is 0 Å². The minimum atomic E-state index is -0.358. The third-order valence-corrected chi connectivity index (χ3v) is 3.56.